The Balaban J connectivity index is 0. The normalized spacial score (nSPS) is 7.87. The highest BCUT2D eigenvalue weighted by Gasteiger charge is 1.94. The van der Waals surface area contributed by atoms with E-state index >= 15 is 0 Å². The van der Waals surface area contributed by atoms with E-state index in [0.29, 0.717) is 5.75 Å². The summed E-state index contributed by atoms with van der Waals surface area (Å²) >= 11 is 0. The minimum atomic E-state index is -1.19. The van der Waals surface area contributed by atoms with Crippen molar-refractivity contribution in [2.24, 2.45) is 0 Å². The molecule has 0 radical (unpaired) electrons. The van der Waals surface area contributed by atoms with Gasteiger partial charge in [-0.15, -0.1) is 12.4 Å². The lowest BCUT2D eigenvalue weighted by Gasteiger charge is -1.99. The van der Waals surface area contributed by atoms with Crippen LogP contribution in [-0.4, -0.2) is 35.0 Å². The molecule has 0 fully saturated rings. The Morgan fingerprint density at radius 2 is 1.87 bits per heavy atom. The highest BCUT2D eigenvalue weighted by Crippen LogP contribution is 2.22. The monoisotopic (exact) mass is 236 g/mol. The number of carbonyl (C=O) groups is 1. The molecule has 5 nitrogen and oxygen atoms in total. The van der Waals surface area contributed by atoms with Gasteiger partial charge < -0.3 is 20.1 Å². The molecule has 0 aliphatic rings. The average molecular weight is 237 g/mol. The van der Waals surface area contributed by atoms with E-state index < -0.39 is 12.6 Å². The molecule has 0 aliphatic carbocycles. The summed E-state index contributed by atoms with van der Waals surface area (Å²) in [4.78, 5) is 9.12. The van der Waals surface area contributed by atoms with Gasteiger partial charge in [-0.05, 0) is 12.1 Å². The molecule has 0 atom stereocenters. The number of carboxylic acid groups (broad SMARTS) is 1. The number of aromatic hydroxyl groups is 1. The maximum Gasteiger partial charge on any atom is 0.329 e. The maximum atomic E-state index is 9.12. The number of carboxylic acids is 1. The van der Waals surface area contributed by atoms with E-state index in [4.69, 9.17) is 24.9 Å². The summed E-state index contributed by atoms with van der Waals surface area (Å²) in [5.41, 5.74) is 0. The molecule has 0 aromatic heterocycles. The molecular weight excluding hydrogens is 224 g/mol. The second kappa shape index (κ2) is 9.11. The second-order valence-electron chi connectivity index (χ2n) is 2.22. The fourth-order valence-electron chi connectivity index (χ4n) is 0.630. The van der Waals surface area contributed by atoms with Crippen molar-refractivity contribution in [2.45, 2.75) is 0 Å². The summed E-state index contributed by atoms with van der Waals surface area (Å²) in [6.45, 7) is -0.778. The third-order valence-electron chi connectivity index (χ3n) is 1.22. The van der Waals surface area contributed by atoms with Crippen LogP contribution >= 0.6 is 12.4 Å². The summed E-state index contributed by atoms with van der Waals surface area (Å²) in [7, 11) is 1.52. The predicted molar refractivity (Wildman–Crippen MR) is 56.6 cm³/mol. The zero-order valence-electron chi connectivity index (χ0n) is 8.08. The molecule has 0 bridgehead atoms. The number of benzene rings is 1. The van der Waals surface area contributed by atoms with Crippen LogP contribution in [0, 0.1) is 0 Å². The van der Waals surface area contributed by atoms with Gasteiger partial charge in [-0.25, -0.2) is 4.79 Å². The van der Waals surface area contributed by atoms with Crippen molar-refractivity contribution < 1.29 is 24.9 Å². The second-order valence-corrected chi connectivity index (χ2v) is 2.22. The fraction of sp³-hybridized carbons (Fsp3) is 0.222. The summed E-state index contributed by atoms with van der Waals surface area (Å²) < 4.78 is 4.79. The molecule has 0 amide bonds. The highest BCUT2D eigenvalue weighted by atomic mass is 35.5. The van der Waals surface area contributed by atoms with Crippen molar-refractivity contribution in [1.82, 2.24) is 0 Å². The van der Waals surface area contributed by atoms with Crippen LogP contribution in [-0.2, 0) is 4.79 Å². The van der Waals surface area contributed by atoms with Crippen LogP contribution in [0.15, 0.2) is 24.3 Å². The topological polar surface area (TPSA) is 87.0 Å². The number of ether oxygens (including phenoxy) is 1. The molecule has 0 aliphatic heterocycles. The molecule has 1 aromatic rings. The third kappa shape index (κ3) is 7.60. The Labute approximate surface area is 93.3 Å². The van der Waals surface area contributed by atoms with Gasteiger partial charge in [0.2, 0.25) is 0 Å². The number of aliphatic carboxylic acids is 1. The lowest BCUT2D eigenvalue weighted by atomic mass is 10.3. The molecule has 1 aromatic carbocycles. The first-order valence-corrected chi connectivity index (χ1v) is 3.76. The van der Waals surface area contributed by atoms with Crippen LogP contribution in [0.3, 0.4) is 0 Å². The van der Waals surface area contributed by atoms with E-state index in [2.05, 4.69) is 0 Å². The highest BCUT2D eigenvalue weighted by molar-refractivity contribution is 5.85. The number of para-hydroxylation sites is 2. The first-order valence-electron chi connectivity index (χ1n) is 3.76. The van der Waals surface area contributed by atoms with Gasteiger partial charge in [0.15, 0.2) is 11.5 Å². The Morgan fingerprint density at radius 3 is 2.13 bits per heavy atom. The van der Waals surface area contributed by atoms with E-state index in [-0.39, 0.29) is 18.2 Å². The van der Waals surface area contributed by atoms with Gasteiger partial charge in [-0.3, -0.25) is 0 Å². The molecule has 0 saturated heterocycles. The minimum absolute atomic E-state index is 0. The molecule has 6 heteroatoms. The number of hydrogen-bond acceptors (Lipinski definition) is 4. The van der Waals surface area contributed by atoms with Crippen LogP contribution in [0.25, 0.3) is 0 Å². The number of halogens is 1. The van der Waals surface area contributed by atoms with Gasteiger partial charge in [0.25, 0.3) is 0 Å². The van der Waals surface area contributed by atoms with Gasteiger partial charge >= 0.3 is 5.97 Å². The first kappa shape index (κ1) is 16.0. The molecule has 0 saturated carbocycles. The van der Waals surface area contributed by atoms with Crippen molar-refractivity contribution in [3.63, 3.8) is 0 Å². The molecule has 86 valence electrons. The number of aliphatic hydroxyl groups is 1. The lowest BCUT2D eigenvalue weighted by molar-refractivity contribution is -0.140. The molecule has 3 N–H and O–H groups in total. The first-order chi connectivity index (χ1) is 6.61. The van der Waals surface area contributed by atoms with Gasteiger partial charge in [0, 0.05) is 0 Å². The molecule has 0 spiro atoms. The maximum absolute atomic E-state index is 9.12. The molecule has 15 heavy (non-hydrogen) atoms. The van der Waals surface area contributed by atoms with E-state index in [9.17, 15) is 0 Å². The van der Waals surface area contributed by atoms with Gasteiger partial charge in [-0.1, -0.05) is 12.1 Å². The largest absolute Gasteiger partial charge is 0.504 e. The number of aliphatic hydroxyl groups excluding tert-OH is 1. The SMILES string of the molecule is COc1ccccc1O.Cl.O=C(O)CO. The Bertz CT molecular complexity index is 290. The fourth-order valence-corrected chi connectivity index (χ4v) is 0.630. The number of hydrogen-bond donors (Lipinski definition) is 3. The van der Waals surface area contributed by atoms with E-state index in [0.717, 1.165) is 0 Å². The standard InChI is InChI=1S/C7H8O2.C2H4O3.ClH/c1-9-7-5-3-2-4-6(7)8;3-1-2(4)5;/h2-5,8H,1H3;3H,1H2,(H,4,5);1H. The van der Waals surface area contributed by atoms with E-state index in [1.807, 2.05) is 0 Å². The predicted octanol–water partition coefficient (Wildman–Crippen LogP) is 0.886. The van der Waals surface area contributed by atoms with E-state index in [1.165, 1.54) is 7.11 Å². The van der Waals surface area contributed by atoms with Crippen LogP contribution < -0.4 is 4.74 Å². The number of methoxy groups -OCH3 is 1. The number of rotatable bonds is 2. The van der Waals surface area contributed by atoms with E-state index in [1.54, 1.807) is 24.3 Å². The van der Waals surface area contributed by atoms with Crippen LogP contribution in [0.4, 0.5) is 0 Å². The van der Waals surface area contributed by atoms with Crippen molar-refractivity contribution in [3.8, 4) is 11.5 Å². The van der Waals surface area contributed by atoms with Gasteiger partial charge in [0.05, 0.1) is 7.11 Å². The van der Waals surface area contributed by atoms with Crippen LogP contribution in [0.5, 0.6) is 11.5 Å². The number of phenols is 1. The smallest absolute Gasteiger partial charge is 0.329 e. The quantitative estimate of drug-likeness (QED) is 0.710. The van der Waals surface area contributed by atoms with Crippen LogP contribution in [0.2, 0.25) is 0 Å². The zero-order valence-corrected chi connectivity index (χ0v) is 8.90. The van der Waals surface area contributed by atoms with Gasteiger partial charge in [0.1, 0.15) is 6.61 Å². The molecule has 0 heterocycles. The Kier molecular flexibility index (Phi) is 9.71. The Morgan fingerprint density at radius 1 is 1.40 bits per heavy atom. The average Bonchev–Trinajstić information content (AvgIpc) is 2.19. The van der Waals surface area contributed by atoms with Crippen molar-refractivity contribution in [2.75, 3.05) is 13.7 Å². The van der Waals surface area contributed by atoms with Crippen molar-refractivity contribution in [1.29, 1.82) is 0 Å². The molecule has 1 rings (SSSR count). The Hall–Kier alpha value is -1.46. The molecule has 0 unspecified atom stereocenters. The minimum Gasteiger partial charge on any atom is -0.504 e. The third-order valence-corrected chi connectivity index (χ3v) is 1.22. The van der Waals surface area contributed by atoms with Crippen molar-refractivity contribution in [3.05, 3.63) is 24.3 Å². The molecular formula is C9H13ClO5. The van der Waals surface area contributed by atoms with Crippen LogP contribution in [0.1, 0.15) is 0 Å². The summed E-state index contributed by atoms with van der Waals surface area (Å²) in [6, 6.07) is 6.84. The lowest BCUT2D eigenvalue weighted by Crippen LogP contribution is -1.98. The van der Waals surface area contributed by atoms with Crippen molar-refractivity contribution >= 4 is 18.4 Å². The summed E-state index contributed by atoms with van der Waals surface area (Å²) in [5, 5.41) is 24.0. The summed E-state index contributed by atoms with van der Waals surface area (Å²) in [5.74, 6) is -0.498. The summed E-state index contributed by atoms with van der Waals surface area (Å²) in [6.07, 6.45) is 0. The van der Waals surface area contributed by atoms with Gasteiger partial charge in [-0.2, -0.15) is 0 Å². The zero-order chi connectivity index (χ0) is 11.0. The number of phenolic OH excluding ortho intramolecular Hbond substituents is 1.